The predicted molar refractivity (Wildman–Crippen MR) is 118 cm³/mol. The van der Waals surface area contributed by atoms with Crippen molar-refractivity contribution in [3.8, 4) is 5.75 Å². The topological polar surface area (TPSA) is 68.0 Å². The van der Waals surface area contributed by atoms with Gasteiger partial charge in [-0.05, 0) is 62.9 Å². The number of nitrogens with zero attached hydrogens (tertiary/aromatic N) is 1. The number of guanidine groups is 1. The van der Waals surface area contributed by atoms with E-state index in [9.17, 15) is 0 Å². The van der Waals surface area contributed by atoms with Crippen LogP contribution in [-0.4, -0.2) is 45.4 Å². The number of benzene rings is 1. The standard InChI is InChI=1S/C23H35N3O3/c1-19(2)28-17-5-4-14-24-23(26-16-13-22-7-6-18-29-22)25-15-12-20-8-10-21(27-3)11-9-20/h6-11,18-19H,4-5,12-17H2,1-3H3,(H2,24,25,26). The highest BCUT2D eigenvalue weighted by Gasteiger charge is 2.02. The Kier molecular flexibility index (Phi) is 10.7. The molecule has 0 bridgehead atoms. The Balaban J connectivity index is 1.75. The fraction of sp³-hybridized carbons (Fsp3) is 0.522. The summed E-state index contributed by atoms with van der Waals surface area (Å²) in [5.41, 5.74) is 1.26. The van der Waals surface area contributed by atoms with Crippen LogP contribution in [0.15, 0.2) is 52.1 Å². The highest BCUT2D eigenvalue weighted by Crippen LogP contribution is 2.11. The first kappa shape index (κ1) is 22.8. The minimum absolute atomic E-state index is 0.289. The molecule has 0 aliphatic carbocycles. The Bertz CT molecular complexity index is 682. The van der Waals surface area contributed by atoms with Crippen molar-refractivity contribution in [3.05, 3.63) is 54.0 Å². The van der Waals surface area contributed by atoms with Gasteiger partial charge >= 0.3 is 0 Å². The van der Waals surface area contributed by atoms with Gasteiger partial charge in [0.15, 0.2) is 5.96 Å². The molecule has 0 fully saturated rings. The summed E-state index contributed by atoms with van der Waals surface area (Å²) < 4.78 is 16.2. The van der Waals surface area contributed by atoms with Crippen LogP contribution >= 0.6 is 0 Å². The van der Waals surface area contributed by atoms with E-state index in [0.29, 0.717) is 0 Å². The second-order valence-electron chi connectivity index (χ2n) is 7.14. The van der Waals surface area contributed by atoms with Crippen LogP contribution in [0.3, 0.4) is 0 Å². The zero-order valence-corrected chi connectivity index (χ0v) is 17.9. The molecule has 0 atom stereocenters. The van der Waals surface area contributed by atoms with Crippen molar-refractivity contribution in [2.45, 2.75) is 45.6 Å². The lowest BCUT2D eigenvalue weighted by atomic mass is 10.1. The number of hydrogen-bond donors (Lipinski definition) is 2. The number of nitrogens with one attached hydrogen (secondary N) is 2. The molecule has 0 saturated carbocycles. The second kappa shape index (κ2) is 13.7. The zero-order valence-electron chi connectivity index (χ0n) is 17.9. The van der Waals surface area contributed by atoms with Gasteiger partial charge < -0.3 is 24.5 Å². The number of ether oxygens (including phenoxy) is 2. The first-order chi connectivity index (χ1) is 14.2. The highest BCUT2D eigenvalue weighted by molar-refractivity contribution is 5.79. The molecule has 1 aromatic heterocycles. The molecule has 6 heteroatoms. The fourth-order valence-corrected chi connectivity index (χ4v) is 2.77. The van der Waals surface area contributed by atoms with Crippen molar-refractivity contribution in [3.63, 3.8) is 0 Å². The van der Waals surface area contributed by atoms with E-state index < -0.39 is 0 Å². The average molecular weight is 402 g/mol. The molecule has 6 nitrogen and oxygen atoms in total. The summed E-state index contributed by atoms with van der Waals surface area (Å²) in [5, 5.41) is 6.83. The van der Waals surface area contributed by atoms with Gasteiger partial charge in [-0.1, -0.05) is 12.1 Å². The minimum atomic E-state index is 0.289. The summed E-state index contributed by atoms with van der Waals surface area (Å²) in [6.45, 7) is 7.28. The smallest absolute Gasteiger partial charge is 0.191 e. The van der Waals surface area contributed by atoms with Gasteiger partial charge in [-0.3, -0.25) is 4.99 Å². The van der Waals surface area contributed by atoms with E-state index in [2.05, 4.69) is 36.6 Å². The van der Waals surface area contributed by atoms with E-state index in [1.165, 1.54) is 5.56 Å². The van der Waals surface area contributed by atoms with E-state index in [1.807, 2.05) is 24.3 Å². The van der Waals surface area contributed by atoms with E-state index in [4.69, 9.17) is 18.9 Å². The molecule has 0 radical (unpaired) electrons. The second-order valence-corrected chi connectivity index (χ2v) is 7.14. The van der Waals surface area contributed by atoms with E-state index in [1.54, 1.807) is 13.4 Å². The summed E-state index contributed by atoms with van der Waals surface area (Å²) in [4.78, 5) is 4.71. The monoisotopic (exact) mass is 401 g/mol. The maximum absolute atomic E-state index is 5.59. The predicted octanol–water partition coefficient (Wildman–Crippen LogP) is 3.81. The maximum Gasteiger partial charge on any atom is 0.191 e. The number of aliphatic imine (C=N–C) groups is 1. The molecule has 0 amide bonds. The van der Waals surface area contributed by atoms with Crippen LogP contribution in [0, 0.1) is 0 Å². The molecule has 2 N–H and O–H groups in total. The quantitative estimate of drug-likeness (QED) is 0.303. The van der Waals surface area contributed by atoms with Gasteiger partial charge in [0, 0.05) is 32.7 Å². The normalized spacial score (nSPS) is 11.7. The van der Waals surface area contributed by atoms with Crippen LogP contribution in [0.25, 0.3) is 0 Å². The molecule has 29 heavy (non-hydrogen) atoms. The van der Waals surface area contributed by atoms with E-state index in [-0.39, 0.29) is 6.10 Å². The first-order valence-corrected chi connectivity index (χ1v) is 10.5. The maximum atomic E-state index is 5.59. The van der Waals surface area contributed by atoms with Gasteiger partial charge in [0.05, 0.1) is 19.5 Å². The molecular formula is C23H35N3O3. The van der Waals surface area contributed by atoms with Gasteiger partial charge in [0.1, 0.15) is 11.5 Å². The van der Waals surface area contributed by atoms with Crippen LogP contribution in [0.2, 0.25) is 0 Å². The summed E-state index contributed by atoms with van der Waals surface area (Å²) in [6.07, 6.45) is 5.77. The number of rotatable bonds is 13. The average Bonchev–Trinajstić information content (AvgIpc) is 3.24. The number of unbranched alkanes of at least 4 members (excludes halogenated alkanes) is 1. The van der Waals surface area contributed by atoms with Gasteiger partial charge in [-0.25, -0.2) is 0 Å². The lowest BCUT2D eigenvalue weighted by Gasteiger charge is -2.13. The Morgan fingerprint density at radius 2 is 1.79 bits per heavy atom. The van der Waals surface area contributed by atoms with Crippen molar-refractivity contribution in [2.24, 2.45) is 4.99 Å². The number of methoxy groups -OCH3 is 1. The molecule has 1 heterocycles. The van der Waals surface area contributed by atoms with Gasteiger partial charge in [0.2, 0.25) is 0 Å². The van der Waals surface area contributed by atoms with Crippen molar-refractivity contribution < 1.29 is 13.9 Å². The Hall–Kier alpha value is -2.47. The molecule has 0 spiro atoms. The Morgan fingerprint density at radius 1 is 1.03 bits per heavy atom. The first-order valence-electron chi connectivity index (χ1n) is 10.5. The molecule has 2 aromatic rings. The third kappa shape index (κ3) is 10.0. The number of hydrogen-bond acceptors (Lipinski definition) is 4. The Morgan fingerprint density at radius 3 is 2.45 bits per heavy atom. The summed E-state index contributed by atoms with van der Waals surface area (Å²) in [5.74, 6) is 2.70. The molecule has 160 valence electrons. The van der Waals surface area contributed by atoms with Crippen LogP contribution in [-0.2, 0) is 17.6 Å². The molecule has 0 aliphatic rings. The molecule has 2 rings (SSSR count). The zero-order chi connectivity index (χ0) is 20.7. The molecule has 0 aliphatic heterocycles. The SMILES string of the molecule is COc1ccc(CCNC(=NCCCCOC(C)C)NCCc2ccco2)cc1. The summed E-state index contributed by atoms with van der Waals surface area (Å²) in [6, 6.07) is 12.1. The fourth-order valence-electron chi connectivity index (χ4n) is 2.77. The van der Waals surface area contributed by atoms with E-state index >= 15 is 0 Å². The minimum Gasteiger partial charge on any atom is -0.497 e. The third-order valence-corrected chi connectivity index (χ3v) is 4.38. The van der Waals surface area contributed by atoms with Crippen LogP contribution < -0.4 is 15.4 Å². The van der Waals surface area contributed by atoms with E-state index in [0.717, 1.165) is 69.4 Å². The molecule has 1 aromatic carbocycles. The largest absolute Gasteiger partial charge is 0.497 e. The lowest BCUT2D eigenvalue weighted by Crippen LogP contribution is -2.39. The van der Waals surface area contributed by atoms with Gasteiger partial charge in [-0.2, -0.15) is 0 Å². The van der Waals surface area contributed by atoms with Gasteiger partial charge in [0.25, 0.3) is 0 Å². The van der Waals surface area contributed by atoms with Crippen molar-refractivity contribution in [2.75, 3.05) is 33.4 Å². The van der Waals surface area contributed by atoms with Gasteiger partial charge in [-0.15, -0.1) is 0 Å². The molecular weight excluding hydrogens is 366 g/mol. The highest BCUT2D eigenvalue weighted by atomic mass is 16.5. The van der Waals surface area contributed by atoms with Crippen LogP contribution in [0.4, 0.5) is 0 Å². The lowest BCUT2D eigenvalue weighted by molar-refractivity contribution is 0.0763. The van der Waals surface area contributed by atoms with Crippen LogP contribution in [0.5, 0.6) is 5.75 Å². The molecule has 0 saturated heterocycles. The Labute approximate surface area is 174 Å². The summed E-state index contributed by atoms with van der Waals surface area (Å²) in [7, 11) is 1.68. The van der Waals surface area contributed by atoms with Crippen LogP contribution in [0.1, 0.15) is 38.0 Å². The van der Waals surface area contributed by atoms with Crippen molar-refractivity contribution >= 4 is 5.96 Å². The molecule has 0 unspecified atom stereocenters. The summed E-state index contributed by atoms with van der Waals surface area (Å²) >= 11 is 0. The number of furan rings is 1. The third-order valence-electron chi connectivity index (χ3n) is 4.38. The van der Waals surface area contributed by atoms with Crippen molar-refractivity contribution in [1.29, 1.82) is 0 Å². The van der Waals surface area contributed by atoms with Crippen molar-refractivity contribution in [1.82, 2.24) is 10.6 Å².